The van der Waals surface area contributed by atoms with Crippen molar-refractivity contribution in [2.45, 2.75) is 45.3 Å². The lowest BCUT2D eigenvalue weighted by molar-refractivity contribution is -0.120. The van der Waals surface area contributed by atoms with E-state index < -0.39 is 5.54 Å². The van der Waals surface area contributed by atoms with Crippen molar-refractivity contribution in [2.24, 2.45) is 0 Å². The van der Waals surface area contributed by atoms with Crippen molar-refractivity contribution < 1.29 is 18.8 Å². The van der Waals surface area contributed by atoms with Crippen LogP contribution in [0.15, 0.2) is 28.8 Å². The third-order valence-corrected chi connectivity index (χ3v) is 4.04. The lowest BCUT2D eigenvalue weighted by Gasteiger charge is -2.20. The van der Waals surface area contributed by atoms with Gasteiger partial charge in [-0.15, -0.1) is 0 Å². The molecular weight excluding hydrogens is 322 g/mol. The topological polar surface area (TPSA) is 86.5 Å². The maximum absolute atomic E-state index is 11.3. The number of para-hydroxylation sites is 1. The van der Waals surface area contributed by atoms with Gasteiger partial charge < -0.3 is 19.3 Å². The molecule has 1 unspecified atom stereocenters. The van der Waals surface area contributed by atoms with Gasteiger partial charge in [-0.05, 0) is 38.8 Å². The van der Waals surface area contributed by atoms with Crippen molar-refractivity contribution >= 4 is 5.91 Å². The second-order valence-electron chi connectivity index (χ2n) is 6.67. The number of aromatic nitrogens is 2. The molecule has 1 aliphatic rings. The number of benzene rings is 1. The van der Waals surface area contributed by atoms with Crippen molar-refractivity contribution in [1.29, 1.82) is 0 Å². The Morgan fingerprint density at radius 3 is 2.92 bits per heavy atom. The van der Waals surface area contributed by atoms with E-state index in [0.29, 0.717) is 24.1 Å². The monoisotopic (exact) mass is 345 g/mol. The third kappa shape index (κ3) is 4.17. The predicted molar refractivity (Wildman–Crippen MR) is 91.0 cm³/mol. The number of hydrogen-bond donors (Lipinski definition) is 1. The Morgan fingerprint density at radius 1 is 1.40 bits per heavy atom. The largest absolute Gasteiger partial charge is 0.490 e. The van der Waals surface area contributed by atoms with Crippen molar-refractivity contribution in [3.8, 4) is 17.2 Å². The zero-order valence-corrected chi connectivity index (χ0v) is 14.7. The Balaban J connectivity index is 1.79. The van der Waals surface area contributed by atoms with Gasteiger partial charge in [0, 0.05) is 13.5 Å². The molecule has 1 fully saturated rings. The van der Waals surface area contributed by atoms with E-state index in [1.54, 1.807) is 0 Å². The number of amides is 1. The zero-order chi connectivity index (χ0) is 17.9. The van der Waals surface area contributed by atoms with Crippen LogP contribution in [0.4, 0.5) is 0 Å². The summed E-state index contributed by atoms with van der Waals surface area (Å²) in [5.74, 6) is 1.28. The molecule has 7 heteroatoms. The highest BCUT2D eigenvalue weighted by Crippen LogP contribution is 2.30. The van der Waals surface area contributed by atoms with E-state index >= 15 is 0 Å². The molecule has 1 aliphatic heterocycles. The molecule has 3 rings (SSSR count). The molecule has 1 N–H and O–H groups in total. The Labute approximate surface area is 146 Å². The fourth-order valence-corrected chi connectivity index (χ4v) is 2.81. The minimum Gasteiger partial charge on any atom is -0.490 e. The molecule has 1 aromatic carbocycles. The van der Waals surface area contributed by atoms with Crippen LogP contribution in [0.5, 0.6) is 5.75 Å². The van der Waals surface area contributed by atoms with Gasteiger partial charge in [0.1, 0.15) is 12.4 Å². The Kier molecular flexibility index (Phi) is 5.03. The highest BCUT2D eigenvalue weighted by molar-refractivity contribution is 5.73. The molecule has 0 radical (unpaired) electrons. The summed E-state index contributed by atoms with van der Waals surface area (Å²) in [5, 5.41) is 6.82. The van der Waals surface area contributed by atoms with Gasteiger partial charge in [0.2, 0.25) is 5.91 Å². The van der Waals surface area contributed by atoms with E-state index in [9.17, 15) is 4.79 Å². The number of carbonyl (C=O) groups excluding carboxylic acids is 1. The van der Waals surface area contributed by atoms with Crippen molar-refractivity contribution in [3.63, 3.8) is 0 Å². The van der Waals surface area contributed by atoms with Crippen LogP contribution in [0, 0.1) is 0 Å². The van der Waals surface area contributed by atoms with E-state index in [2.05, 4.69) is 15.5 Å². The summed E-state index contributed by atoms with van der Waals surface area (Å²) in [6, 6.07) is 7.52. The number of rotatable bonds is 6. The fourth-order valence-electron chi connectivity index (χ4n) is 2.81. The lowest BCUT2D eigenvalue weighted by atomic mass is 10.1. The van der Waals surface area contributed by atoms with Crippen LogP contribution in [0.3, 0.4) is 0 Å². The van der Waals surface area contributed by atoms with Crippen molar-refractivity contribution in [2.75, 3.05) is 13.2 Å². The molecule has 0 saturated carbocycles. The minimum atomic E-state index is -0.721. The van der Waals surface area contributed by atoms with Crippen LogP contribution in [0.2, 0.25) is 0 Å². The first kappa shape index (κ1) is 17.4. The number of hydrogen-bond acceptors (Lipinski definition) is 6. The summed E-state index contributed by atoms with van der Waals surface area (Å²) < 4.78 is 16.9. The van der Waals surface area contributed by atoms with Crippen LogP contribution in [0.1, 0.15) is 39.4 Å². The van der Waals surface area contributed by atoms with Gasteiger partial charge in [0.25, 0.3) is 5.89 Å². The van der Waals surface area contributed by atoms with E-state index in [4.69, 9.17) is 14.0 Å². The molecule has 2 aromatic rings. The van der Waals surface area contributed by atoms with Crippen LogP contribution >= 0.6 is 0 Å². The van der Waals surface area contributed by atoms with Gasteiger partial charge in [-0.3, -0.25) is 4.79 Å². The van der Waals surface area contributed by atoms with Gasteiger partial charge in [-0.1, -0.05) is 17.3 Å². The summed E-state index contributed by atoms with van der Waals surface area (Å²) in [7, 11) is 0. The van der Waals surface area contributed by atoms with Crippen molar-refractivity contribution in [1.82, 2.24) is 15.5 Å². The fraction of sp³-hybridized carbons (Fsp3) is 0.500. The minimum absolute atomic E-state index is 0.130. The van der Waals surface area contributed by atoms with Crippen LogP contribution in [-0.2, 0) is 15.1 Å². The number of carbonyl (C=O) groups is 1. The van der Waals surface area contributed by atoms with E-state index in [-0.39, 0.29) is 12.0 Å². The van der Waals surface area contributed by atoms with E-state index in [0.717, 1.165) is 25.0 Å². The van der Waals surface area contributed by atoms with Crippen LogP contribution < -0.4 is 10.1 Å². The summed E-state index contributed by atoms with van der Waals surface area (Å²) in [6.07, 6.45) is 2.21. The highest BCUT2D eigenvalue weighted by Gasteiger charge is 2.28. The second kappa shape index (κ2) is 7.23. The third-order valence-electron chi connectivity index (χ3n) is 4.04. The standard InChI is InChI=1S/C18H23N3O4/c1-12(22)20-18(2,3)17-19-16(25-21-17)14-8-4-5-9-15(14)24-11-13-7-6-10-23-13/h4-5,8-9,13H,6-7,10-11H2,1-3H3,(H,20,22). The quantitative estimate of drug-likeness (QED) is 0.866. The van der Waals surface area contributed by atoms with Crippen LogP contribution in [-0.4, -0.2) is 35.4 Å². The van der Waals surface area contributed by atoms with Gasteiger partial charge in [0.15, 0.2) is 5.82 Å². The van der Waals surface area contributed by atoms with E-state index in [1.165, 1.54) is 6.92 Å². The van der Waals surface area contributed by atoms with Gasteiger partial charge in [0.05, 0.1) is 17.2 Å². The maximum atomic E-state index is 11.3. The summed E-state index contributed by atoms with van der Waals surface area (Å²) in [5.41, 5.74) is -0.000907. The summed E-state index contributed by atoms with van der Waals surface area (Å²) in [6.45, 7) is 6.39. The Morgan fingerprint density at radius 2 is 2.20 bits per heavy atom. The molecule has 0 spiro atoms. The van der Waals surface area contributed by atoms with Gasteiger partial charge >= 0.3 is 0 Å². The Hall–Kier alpha value is -2.41. The molecular formula is C18H23N3O4. The molecule has 25 heavy (non-hydrogen) atoms. The van der Waals surface area contributed by atoms with E-state index in [1.807, 2.05) is 38.1 Å². The molecule has 0 aliphatic carbocycles. The number of ether oxygens (including phenoxy) is 2. The van der Waals surface area contributed by atoms with Gasteiger partial charge in [-0.25, -0.2) is 0 Å². The molecule has 0 bridgehead atoms. The zero-order valence-electron chi connectivity index (χ0n) is 14.7. The summed E-state index contributed by atoms with van der Waals surface area (Å²) >= 11 is 0. The highest BCUT2D eigenvalue weighted by atomic mass is 16.5. The molecule has 1 amide bonds. The number of nitrogens with zero attached hydrogens (tertiary/aromatic N) is 2. The predicted octanol–water partition coefficient (Wildman–Crippen LogP) is 2.67. The normalized spacial score (nSPS) is 17.5. The van der Waals surface area contributed by atoms with Crippen LogP contribution in [0.25, 0.3) is 11.5 Å². The first-order chi connectivity index (χ1) is 12.0. The number of nitrogens with one attached hydrogen (secondary N) is 1. The molecule has 2 heterocycles. The molecule has 1 atom stereocenters. The Bertz CT molecular complexity index is 735. The SMILES string of the molecule is CC(=O)NC(C)(C)c1noc(-c2ccccc2OCC2CCCO2)n1. The smallest absolute Gasteiger partial charge is 0.261 e. The van der Waals surface area contributed by atoms with Gasteiger partial charge in [-0.2, -0.15) is 4.98 Å². The first-order valence-corrected chi connectivity index (χ1v) is 8.42. The maximum Gasteiger partial charge on any atom is 0.261 e. The molecule has 134 valence electrons. The van der Waals surface area contributed by atoms with Crippen molar-refractivity contribution in [3.05, 3.63) is 30.1 Å². The summed E-state index contributed by atoms with van der Waals surface area (Å²) in [4.78, 5) is 15.8. The molecule has 1 saturated heterocycles. The molecule has 7 nitrogen and oxygen atoms in total. The average molecular weight is 345 g/mol. The second-order valence-corrected chi connectivity index (χ2v) is 6.67. The average Bonchev–Trinajstić information content (AvgIpc) is 3.24. The first-order valence-electron chi connectivity index (χ1n) is 8.42. The lowest BCUT2D eigenvalue weighted by Crippen LogP contribution is -2.40. The molecule has 1 aromatic heterocycles.